The van der Waals surface area contributed by atoms with Crippen molar-refractivity contribution in [1.29, 1.82) is 0 Å². The van der Waals surface area contributed by atoms with Crippen LogP contribution in [0.1, 0.15) is 25.3 Å². The maximum absolute atomic E-state index is 11.8. The number of imidazole rings is 1. The maximum Gasteiger partial charge on any atom is 0.231 e. The lowest BCUT2D eigenvalue weighted by Gasteiger charge is -2.23. The summed E-state index contributed by atoms with van der Waals surface area (Å²) in [5.41, 5.74) is 7.98. The quantitative estimate of drug-likeness (QED) is 0.386. The number of hydrogen-bond acceptors (Lipinski definition) is 9. The molecule has 11 heteroatoms. The third-order valence-corrected chi connectivity index (χ3v) is 7.08. The van der Waals surface area contributed by atoms with E-state index in [9.17, 15) is 4.79 Å². The van der Waals surface area contributed by atoms with Gasteiger partial charge in [-0.05, 0) is 18.9 Å². The number of carbonyl (C=O) groups excluding carboxylic acids is 1. The second-order valence-corrected chi connectivity index (χ2v) is 9.15. The van der Waals surface area contributed by atoms with E-state index in [1.165, 1.54) is 18.1 Å². The van der Waals surface area contributed by atoms with Crippen LogP contribution in [-0.4, -0.2) is 62.8 Å². The second kappa shape index (κ2) is 9.40. The number of nitrogens with one attached hydrogen (secondary N) is 1. The van der Waals surface area contributed by atoms with Gasteiger partial charge < -0.3 is 30.0 Å². The van der Waals surface area contributed by atoms with Gasteiger partial charge in [-0.25, -0.2) is 15.0 Å². The van der Waals surface area contributed by atoms with Gasteiger partial charge in [0.25, 0.3) is 0 Å². The van der Waals surface area contributed by atoms with Crippen LogP contribution in [0.15, 0.2) is 28.5 Å². The van der Waals surface area contributed by atoms with E-state index in [0.717, 1.165) is 30.8 Å². The zero-order valence-corrected chi connectivity index (χ0v) is 19.6. The van der Waals surface area contributed by atoms with Crippen LogP contribution in [0.3, 0.4) is 0 Å². The first-order chi connectivity index (χ1) is 16.5. The summed E-state index contributed by atoms with van der Waals surface area (Å²) in [7, 11) is 0. The number of nitrogen functional groups attached to an aromatic ring is 1. The Bertz CT molecular complexity index is 1290. The topological polar surface area (TPSA) is 120 Å². The molecule has 0 spiro atoms. The van der Waals surface area contributed by atoms with Gasteiger partial charge in [0.2, 0.25) is 12.7 Å². The molecule has 4 heterocycles. The summed E-state index contributed by atoms with van der Waals surface area (Å²) >= 11 is 1.42. The molecular weight excluding hydrogens is 454 g/mol. The number of anilines is 1. The summed E-state index contributed by atoms with van der Waals surface area (Å²) in [5, 5.41) is 4.18. The standard InChI is InChI=1S/C23H25N7O3S/c1-3-15-9-17-18(33-13-32-17)10-19(15)34-23-28-20-21(24)26-12-27-22(20)30(23)8-6-25-11-16-5-4-7-29(16)14(2)31/h1,9-10,12,16,25H,4-8,11,13H2,2H3,(H2,24,26,27). The van der Waals surface area contributed by atoms with E-state index in [4.69, 9.17) is 26.6 Å². The Balaban J connectivity index is 1.37. The SMILES string of the molecule is C#Cc1cc2c(cc1Sc1nc3c(N)ncnc3n1CCNCC1CCCN1C(C)=O)OCO2. The zero-order chi connectivity index (χ0) is 23.7. The van der Waals surface area contributed by atoms with Crippen molar-refractivity contribution in [3.63, 3.8) is 0 Å². The number of benzene rings is 1. The molecule has 1 aromatic carbocycles. The van der Waals surface area contributed by atoms with Gasteiger partial charge in [-0.3, -0.25) is 4.79 Å². The van der Waals surface area contributed by atoms with Gasteiger partial charge >= 0.3 is 0 Å². The molecule has 34 heavy (non-hydrogen) atoms. The minimum absolute atomic E-state index is 0.129. The Morgan fingerprint density at radius 1 is 1.35 bits per heavy atom. The highest BCUT2D eigenvalue weighted by atomic mass is 32.2. The van der Waals surface area contributed by atoms with E-state index in [-0.39, 0.29) is 18.7 Å². The van der Waals surface area contributed by atoms with Gasteiger partial charge in [0.1, 0.15) is 6.33 Å². The molecule has 1 unspecified atom stereocenters. The molecule has 2 aliphatic rings. The first-order valence-electron chi connectivity index (χ1n) is 11.1. The Kier molecular flexibility index (Phi) is 6.17. The third kappa shape index (κ3) is 4.22. The molecule has 3 aromatic rings. The monoisotopic (exact) mass is 479 g/mol. The molecule has 2 aromatic heterocycles. The lowest BCUT2D eigenvalue weighted by molar-refractivity contribution is -0.129. The highest BCUT2D eigenvalue weighted by Gasteiger charge is 2.26. The predicted octanol–water partition coefficient (Wildman–Crippen LogP) is 1.87. The molecule has 3 N–H and O–H groups in total. The number of hydrogen-bond donors (Lipinski definition) is 2. The van der Waals surface area contributed by atoms with Crippen LogP contribution in [0.4, 0.5) is 5.82 Å². The van der Waals surface area contributed by atoms with E-state index < -0.39 is 0 Å². The van der Waals surface area contributed by atoms with Crippen LogP contribution in [0.25, 0.3) is 11.2 Å². The summed E-state index contributed by atoms with van der Waals surface area (Å²) < 4.78 is 13.0. The summed E-state index contributed by atoms with van der Waals surface area (Å²) in [6.07, 6.45) is 9.26. The van der Waals surface area contributed by atoms with Crippen molar-refractivity contribution in [2.75, 3.05) is 32.2 Å². The van der Waals surface area contributed by atoms with Crippen LogP contribution in [0, 0.1) is 12.3 Å². The lowest BCUT2D eigenvalue weighted by Crippen LogP contribution is -2.41. The van der Waals surface area contributed by atoms with Gasteiger partial charge in [0, 0.05) is 55.7 Å². The molecule has 2 aliphatic heterocycles. The number of terminal acetylenes is 1. The summed E-state index contributed by atoms with van der Waals surface area (Å²) in [6, 6.07) is 3.90. The van der Waals surface area contributed by atoms with E-state index in [1.807, 2.05) is 15.5 Å². The molecule has 0 bridgehead atoms. The normalized spacial score (nSPS) is 16.8. The fourth-order valence-electron chi connectivity index (χ4n) is 4.35. The van der Waals surface area contributed by atoms with E-state index >= 15 is 0 Å². The summed E-state index contributed by atoms with van der Waals surface area (Å²) in [6.45, 7) is 4.66. The molecule has 0 saturated carbocycles. The molecule has 10 nitrogen and oxygen atoms in total. The highest BCUT2D eigenvalue weighted by Crippen LogP contribution is 2.41. The molecule has 0 aliphatic carbocycles. The molecule has 1 saturated heterocycles. The van der Waals surface area contributed by atoms with Crippen LogP contribution in [0.5, 0.6) is 11.5 Å². The van der Waals surface area contributed by atoms with E-state index in [2.05, 4.69) is 21.2 Å². The molecule has 1 amide bonds. The van der Waals surface area contributed by atoms with E-state index in [1.54, 1.807) is 13.0 Å². The van der Waals surface area contributed by atoms with Crippen molar-refractivity contribution in [2.45, 2.75) is 42.4 Å². The molecule has 5 rings (SSSR count). The maximum atomic E-state index is 11.8. The Hall–Kier alpha value is -3.49. The Labute approximate surface area is 201 Å². The number of amides is 1. The number of likely N-dealkylation sites (tertiary alicyclic amines) is 1. The number of aromatic nitrogens is 4. The molecular formula is C23H25N7O3S. The van der Waals surface area contributed by atoms with Crippen molar-refractivity contribution >= 4 is 34.7 Å². The molecule has 176 valence electrons. The van der Waals surface area contributed by atoms with Crippen LogP contribution >= 0.6 is 11.8 Å². The Morgan fingerprint density at radius 2 is 2.18 bits per heavy atom. The van der Waals surface area contributed by atoms with Gasteiger partial charge in [0.05, 0.1) is 0 Å². The average Bonchev–Trinajstić information content (AvgIpc) is 3.55. The van der Waals surface area contributed by atoms with Crippen molar-refractivity contribution in [3.05, 3.63) is 24.0 Å². The average molecular weight is 480 g/mol. The first kappa shape index (κ1) is 22.3. The lowest BCUT2D eigenvalue weighted by atomic mass is 10.2. The van der Waals surface area contributed by atoms with Crippen LogP contribution < -0.4 is 20.5 Å². The second-order valence-electron chi connectivity index (χ2n) is 8.14. The minimum atomic E-state index is 0.129. The largest absolute Gasteiger partial charge is 0.454 e. The third-order valence-electron chi connectivity index (χ3n) is 6.03. The number of carbonyl (C=O) groups is 1. The van der Waals surface area contributed by atoms with Gasteiger partial charge in [-0.2, -0.15) is 0 Å². The minimum Gasteiger partial charge on any atom is -0.454 e. The van der Waals surface area contributed by atoms with Crippen molar-refractivity contribution < 1.29 is 14.3 Å². The fourth-order valence-corrected chi connectivity index (χ4v) is 5.37. The number of ether oxygens (including phenoxy) is 2. The summed E-state index contributed by atoms with van der Waals surface area (Å²) in [4.78, 5) is 27.8. The summed E-state index contributed by atoms with van der Waals surface area (Å²) in [5.74, 6) is 4.45. The van der Waals surface area contributed by atoms with Gasteiger partial charge in [0.15, 0.2) is 33.6 Å². The molecule has 1 atom stereocenters. The smallest absolute Gasteiger partial charge is 0.231 e. The number of rotatable bonds is 7. The number of nitrogens with two attached hydrogens (primary N) is 1. The molecule has 0 radical (unpaired) electrons. The van der Waals surface area contributed by atoms with Crippen molar-refractivity contribution in [3.8, 4) is 23.8 Å². The van der Waals surface area contributed by atoms with E-state index in [0.29, 0.717) is 52.3 Å². The first-order valence-corrected chi connectivity index (χ1v) is 11.9. The fraction of sp³-hybridized carbons (Fsp3) is 0.391. The van der Waals surface area contributed by atoms with Crippen LogP contribution in [0.2, 0.25) is 0 Å². The van der Waals surface area contributed by atoms with Gasteiger partial charge in [-0.15, -0.1) is 6.42 Å². The number of nitrogens with zero attached hydrogens (tertiary/aromatic N) is 5. The predicted molar refractivity (Wildman–Crippen MR) is 128 cm³/mol. The van der Waals surface area contributed by atoms with Crippen LogP contribution in [-0.2, 0) is 11.3 Å². The Morgan fingerprint density at radius 3 is 2.97 bits per heavy atom. The highest BCUT2D eigenvalue weighted by molar-refractivity contribution is 7.99. The molecule has 1 fully saturated rings. The number of fused-ring (bicyclic) bond motifs is 2. The van der Waals surface area contributed by atoms with Crippen molar-refractivity contribution in [1.82, 2.24) is 29.7 Å². The van der Waals surface area contributed by atoms with Gasteiger partial charge in [-0.1, -0.05) is 17.7 Å². The zero-order valence-electron chi connectivity index (χ0n) is 18.8. The van der Waals surface area contributed by atoms with Crippen molar-refractivity contribution in [2.24, 2.45) is 0 Å².